The van der Waals surface area contributed by atoms with Crippen molar-refractivity contribution in [2.75, 3.05) is 13.2 Å². The molecule has 3 aromatic carbocycles. The normalized spacial score (nSPS) is 11.0. The molecule has 0 spiro atoms. The van der Waals surface area contributed by atoms with Gasteiger partial charge in [-0.05, 0) is 86.3 Å². The molecule has 0 aliphatic rings. The number of aryl methyl sites for hydroxylation is 4. The van der Waals surface area contributed by atoms with Gasteiger partial charge in [-0.3, -0.25) is 4.79 Å². The number of benzene rings is 3. The highest BCUT2D eigenvalue weighted by Gasteiger charge is 2.11. The fourth-order valence-corrected chi connectivity index (χ4v) is 4.41. The second-order valence-electron chi connectivity index (χ2n) is 8.56. The maximum absolute atomic E-state index is 12.3. The lowest BCUT2D eigenvalue weighted by Crippen LogP contribution is -2.25. The summed E-state index contributed by atoms with van der Waals surface area (Å²) < 4.78 is 9.26. The molecule has 0 aliphatic heterocycles. The van der Waals surface area contributed by atoms with Gasteiger partial charge < -0.3 is 14.6 Å². The van der Waals surface area contributed by atoms with Crippen LogP contribution in [0.5, 0.6) is 5.75 Å². The van der Waals surface area contributed by atoms with Crippen molar-refractivity contribution in [2.24, 2.45) is 0 Å². The minimum Gasteiger partial charge on any atom is -0.494 e. The molecule has 0 unspecified atom stereocenters. The van der Waals surface area contributed by atoms with E-state index in [2.05, 4.69) is 76.1 Å². The van der Waals surface area contributed by atoms with Gasteiger partial charge in [0.05, 0.1) is 17.6 Å². The number of nitrogens with one attached hydrogen (secondary N) is 1. The lowest BCUT2D eigenvalue weighted by Gasteiger charge is -2.12. The Morgan fingerprint density at radius 1 is 1.00 bits per heavy atom. The Morgan fingerprint density at radius 3 is 2.50 bits per heavy atom. The molecule has 4 aromatic rings. The molecule has 0 aliphatic carbocycles. The summed E-state index contributed by atoms with van der Waals surface area (Å²) in [6.45, 7) is 6.27. The summed E-state index contributed by atoms with van der Waals surface area (Å²) in [5, 5.41) is 3.01. The highest BCUT2D eigenvalue weighted by atomic mass is 79.9. The number of nitrogens with zero attached hydrogens (tertiary/aromatic N) is 2. The van der Waals surface area contributed by atoms with E-state index >= 15 is 0 Å². The lowest BCUT2D eigenvalue weighted by molar-refractivity contribution is 0.0953. The first kappa shape index (κ1) is 24.0. The molecule has 34 heavy (non-hydrogen) atoms. The summed E-state index contributed by atoms with van der Waals surface area (Å²) in [5.74, 6) is 1.92. The molecule has 0 saturated carbocycles. The van der Waals surface area contributed by atoms with Crippen LogP contribution in [-0.2, 0) is 13.0 Å². The van der Waals surface area contributed by atoms with Crippen molar-refractivity contribution >= 4 is 32.9 Å². The first-order valence-corrected chi connectivity index (χ1v) is 12.5. The highest BCUT2D eigenvalue weighted by Crippen LogP contribution is 2.19. The molecule has 5 nitrogen and oxygen atoms in total. The Bertz CT molecular complexity index is 1240. The van der Waals surface area contributed by atoms with Gasteiger partial charge in [0.1, 0.15) is 11.6 Å². The van der Waals surface area contributed by atoms with E-state index in [0.717, 1.165) is 52.9 Å². The van der Waals surface area contributed by atoms with Crippen molar-refractivity contribution in [3.63, 3.8) is 0 Å². The zero-order valence-electron chi connectivity index (χ0n) is 19.7. The number of imidazole rings is 1. The molecule has 0 atom stereocenters. The minimum atomic E-state index is -0.0514. The van der Waals surface area contributed by atoms with Crippen LogP contribution in [0.25, 0.3) is 11.0 Å². The molecule has 4 rings (SSSR count). The van der Waals surface area contributed by atoms with Crippen molar-refractivity contribution in [3.8, 4) is 5.75 Å². The fourth-order valence-electron chi connectivity index (χ4n) is 4.15. The lowest BCUT2D eigenvalue weighted by atomic mass is 10.1. The average molecular weight is 520 g/mol. The molecule has 0 fully saturated rings. The van der Waals surface area contributed by atoms with Crippen molar-refractivity contribution < 1.29 is 9.53 Å². The van der Waals surface area contributed by atoms with Gasteiger partial charge >= 0.3 is 0 Å². The van der Waals surface area contributed by atoms with E-state index in [-0.39, 0.29) is 5.91 Å². The third-order valence-corrected chi connectivity index (χ3v) is 6.22. The molecule has 0 bridgehead atoms. The number of carbonyl (C=O) groups excluding carboxylic acids is 1. The third-order valence-electron chi connectivity index (χ3n) is 5.69. The summed E-state index contributed by atoms with van der Waals surface area (Å²) in [4.78, 5) is 17.2. The molecule has 1 heterocycles. The van der Waals surface area contributed by atoms with Gasteiger partial charge in [-0.2, -0.15) is 0 Å². The van der Waals surface area contributed by atoms with Crippen LogP contribution in [0.1, 0.15) is 40.2 Å². The summed E-state index contributed by atoms with van der Waals surface area (Å²) in [7, 11) is 0. The molecule has 0 radical (unpaired) electrons. The maximum Gasteiger partial charge on any atom is 0.251 e. The number of fused-ring (bicyclic) bond motifs is 1. The standard InChI is InChI=1S/C28H30BrN3O2/c1-20-17-21(2)19-24(18-20)34-16-6-15-32-26-8-4-3-7-25(26)31-27(32)9-5-14-30-28(33)22-10-12-23(29)13-11-22/h3-4,7-8,10-13,17-19H,5-6,9,14-16H2,1-2H3,(H,30,33). The Morgan fingerprint density at radius 2 is 1.74 bits per heavy atom. The first-order chi connectivity index (χ1) is 16.5. The Labute approximate surface area is 209 Å². The second-order valence-corrected chi connectivity index (χ2v) is 9.48. The minimum absolute atomic E-state index is 0.0514. The Kier molecular flexibility index (Phi) is 8.01. The zero-order valence-corrected chi connectivity index (χ0v) is 21.3. The van der Waals surface area contributed by atoms with Crippen LogP contribution < -0.4 is 10.1 Å². The number of hydrogen-bond donors (Lipinski definition) is 1. The van der Waals surface area contributed by atoms with Gasteiger partial charge in [0.25, 0.3) is 5.91 Å². The second kappa shape index (κ2) is 11.3. The van der Waals surface area contributed by atoms with Crippen LogP contribution >= 0.6 is 15.9 Å². The van der Waals surface area contributed by atoms with Gasteiger partial charge in [0.2, 0.25) is 0 Å². The van der Waals surface area contributed by atoms with Crippen LogP contribution in [0.3, 0.4) is 0 Å². The molecule has 1 amide bonds. The van der Waals surface area contributed by atoms with E-state index in [0.29, 0.717) is 18.7 Å². The zero-order chi connectivity index (χ0) is 23.9. The summed E-state index contributed by atoms with van der Waals surface area (Å²) in [5.41, 5.74) is 5.24. The van der Waals surface area contributed by atoms with E-state index in [9.17, 15) is 4.79 Å². The predicted octanol–water partition coefficient (Wildman–Crippen LogP) is 6.25. The topological polar surface area (TPSA) is 56.1 Å². The van der Waals surface area contributed by atoms with Gasteiger partial charge in [-0.1, -0.05) is 34.1 Å². The summed E-state index contributed by atoms with van der Waals surface area (Å²) >= 11 is 3.40. The van der Waals surface area contributed by atoms with Crippen molar-refractivity contribution in [2.45, 2.75) is 39.7 Å². The molecule has 176 valence electrons. The summed E-state index contributed by atoms with van der Waals surface area (Å²) in [6, 6.07) is 21.9. The van der Waals surface area contributed by atoms with Gasteiger partial charge in [0, 0.05) is 29.5 Å². The monoisotopic (exact) mass is 519 g/mol. The smallest absolute Gasteiger partial charge is 0.251 e. The third kappa shape index (κ3) is 6.26. The fraction of sp³-hybridized carbons (Fsp3) is 0.286. The van der Waals surface area contributed by atoms with Crippen molar-refractivity contribution in [3.05, 3.63) is 93.7 Å². The molecule has 1 aromatic heterocycles. The number of para-hydroxylation sites is 2. The van der Waals surface area contributed by atoms with E-state index in [1.165, 1.54) is 11.1 Å². The van der Waals surface area contributed by atoms with Crippen molar-refractivity contribution in [1.82, 2.24) is 14.9 Å². The number of rotatable bonds is 10. The van der Waals surface area contributed by atoms with Crippen LogP contribution in [0.4, 0.5) is 0 Å². The van der Waals surface area contributed by atoms with Crippen LogP contribution in [0, 0.1) is 13.8 Å². The van der Waals surface area contributed by atoms with E-state index in [4.69, 9.17) is 9.72 Å². The van der Waals surface area contributed by atoms with Crippen LogP contribution in [0.2, 0.25) is 0 Å². The van der Waals surface area contributed by atoms with E-state index < -0.39 is 0 Å². The van der Waals surface area contributed by atoms with E-state index in [1.54, 1.807) is 0 Å². The van der Waals surface area contributed by atoms with Gasteiger partial charge in [0.15, 0.2) is 0 Å². The van der Waals surface area contributed by atoms with Crippen LogP contribution in [-0.4, -0.2) is 28.6 Å². The predicted molar refractivity (Wildman–Crippen MR) is 141 cm³/mol. The quantitative estimate of drug-likeness (QED) is 0.252. The van der Waals surface area contributed by atoms with Gasteiger partial charge in [-0.25, -0.2) is 4.98 Å². The molecule has 6 heteroatoms. The van der Waals surface area contributed by atoms with E-state index in [1.807, 2.05) is 30.3 Å². The molecular formula is C28H30BrN3O2. The summed E-state index contributed by atoms with van der Waals surface area (Å²) in [6.07, 6.45) is 2.51. The highest BCUT2D eigenvalue weighted by molar-refractivity contribution is 9.10. The molecule has 0 saturated heterocycles. The maximum atomic E-state index is 12.3. The number of aromatic nitrogens is 2. The number of halogens is 1. The molecule has 1 N–H and O–H groups in total. The van der Waals surface area contributed by atoms with Gasteiger partial charge in [-0.15, -0.1) is 0 Å². The number of hydrogen-bond acceptors (Lipinski definition) is 3. The number of amides is 1. The Hall–Kier alpha value is -3.12. The number of carbonyl (C=O) groups is 1. The number of ether oxygens (including phenoxy) is 1. The molecular weight excluding hydrogens is 490 g/mol. The average Bonchev–Trinajstić information content (AvgIpc) is 3.16. The SMILES string of the molecule is Cc1cc(C)cc(OCCCn2c(CCCNC(=O)c3ccc(Br)cc3)nc3ccccc32)c1. The first-order valence-electron chi connectivity index (χ1n) is 11.7. The largest absolute Gasteiger partial charge is 0.494 e. The van der Waals surface area contributed by atoms with Crippen molar-refractivity contribution in [1.29, 1.82) is 0 Å². The van der Waals surface area contributed by atoms with Crippen LogP contribution in [0.15, 0.2) is 71.2 Å². The Balaban J connectivity index is 1.33.